The van der Waals surface area contributed by atoms with E-state index in [-0.39, 0.29) is 36.2 Å². The van der Waals surface area contributed by atoms with Crippen LogP contribution in [0.3, 0.4) is 0 Å². The SMILES string of the molecule is C/C=C(C)/C(Br)=C\C=C/CCC.C=C(C)C(C)(C)NC(=O)C1C2C[C@H]1CN(C(=O)CCCO)C2. The van der Waals surface area contributed by atoms with Crippen LogP contribution in [0.25, 0.3) is 0 Å². The van der Waals surface area contributed by atoms with Gasteiger partial charge in [-0.3, -0.25) is 9.59 Å². The number of allylic oxidation sites excluding steroid dienone is 6. The fourth-order valence-electron chi connectivity index (χ4n) is 4.09. The minimum absolute atomic E-state index is 0.0283. The lowest BCUT2D eigenvalue weighted by Crippen LogP contribution is -2.62. The predicted molar refractivity (Wildman–Crippen MR) is 146 cm³/mol. The van der Waals surface area contributed by atoms with Gasteiger partial charge in [0.25, 0.3) is 0 Å². The molecule has 3 aliphatic rings. The summed E-state index contributed by atoms with van der Waals surface area (Å²) in [6.07, 6.45) is 12.8. The van der Waals surface area contributed by atoms with Crippen molar-refractivity contribution in [3.63, 3.8) is 0 Å². The second kappa shape index (κ2) is 14.7. The molecule has 192 valence electrons. The van der Waals surface area contributed by atoms with Gasteiger partial charge < -0.3 is 15.3 Å². The Balaban J connectivity index is 0.000000411. The zero-order chi connectivity index (χ0) is 25.9. The number of halogens is 1. The molecule has 3 rings (SSSR count). The number of carbonyl (C=O) groups is 2. The largest absolute Gasteiger partial charge is 0.396 e. The normalized spacial score (nSPS) is 22.6. The van der Waals surface area contributed by atoms with Crippen LogP contribution in [0, 0.1) is 17.8 Å². The minimum Gasteiger partial charge on any atom is -0.396 e. The summed E-state index contributed by atoms with van der Waals surface area (Å²) in [6.45, 7) is 17.5. The molecule has 2 bridgehead atoms. The molecule has 2 heterocycles. The van der Waals surface area contributed by atoms with Crippen LogP contribution in [0.4, 0.5) is 0 Å². The van der Waals surface area contributed by atoms with Crippen molar-refractivity contribution >= 4 is 27.7 Å². The van der Waals surface area contributed by atoms with Gasteiger partial charge in [0, 0.05) is 36.5 Å². The number of amides is 2. The molecular formula is C28H45BrN2O3. The Morgan fingerprint density at radius 3 is 2.35 bits per heavy atom. The summed E-state index contributed by atoms with van der Waals surface area (Å²) in [5, 5.41) is 11.9. The quantitative estimate of drug-likeness (QED) is 0.269. The summed E-state index contributed by atoms with van der Waals surface area (Å²) in [5.41, 5.74) is 1.82. The molecule has 0 spiro atoms. The van der Waals surface area contributed by atoms with E-state index in [0.29, 0.717) is 25.9 Å². The summed E-state index contributed by atoms with van der Waals surface area (Å²) in [6, 6.07) is 0. The highest BCUT2D eigenvalue weighted by molar-refractivity contribution is 9.12. The van der Waals surface area contributed by atoms with Gasteiger partial charge in [0.15, 0.2) is 0 Å². The lowest BCUT2D eigenvalue weighted by Gasteiger charge is -2.53. The van der Waals surface area contributed by atoms with Crippen molar-refractivity contribution in [1.29, 1.82) is 0 Å². The van der Waals surface area contributed by atoms with Crippen LogP contribution in [0.5, 0.6) is 0 Å². The van der Waals surface area contributed by atoms with E-state index in [9.17, 15) is 9.59 Å². The van der Waals surface area contributed by atoms with Gasteiger partial charge in [-0.2, -0.15) is 0 Å². The molecule has 2 amide bonds. The van der Waals surface area contributed by atoms with E-state index in [2.05, 4.69) is 66.0 Å². The first-order valence-electron chi connectivity index (χ1n) is 12.5. The number of carbonyl (C=O) groups excluding carboxylic acids is 2. The average molecular weight is 538 g/mol. The zero-order valence-electron chi connectivity index (χ0n) is 22.0. The molecule has 2 aliphatic heterocycles. The van der Waals surface area contributed by atoms with Crippen LogP contribution >= 0.6 is 15.9 Å². The topological polar surface area (TPSA) is 69.6 Å². The number of hydrogen-bond donors (Lipinski definition) is 2. The summed E-state index contributed by atoms with van der Waals surface area (Å²) < 4.78 is 1.16. The van der Waals surface area contributed by atoms with Crippen molar-refractivity contribution < 1.29 is 14.7 Å². The summed E-state index contributed by atoms with van der Waals surface area (Å²) in [5.74, 6) is 0.776. The first kappa shape index (κ1) is 30.4. The Bertz CT molecular complexity index is 785. The third-order valence-corrected chi connectivity index (χ3v) is 7.77. The second-order valence-corrected chi connectivity index (χ2v) is 10.9. The molecular weight excluding hydrogens is 492 g/mol. The van der Waals surface area contributed by atoms with Gasteiger partial charge in [-0.1, -0.05) is 59.7 Å². The average Bonchev–Trinajstić information content (AvgIpc) is 2.79. The van der Waals surface area contributed by atoms with Crippen LogP contribution in [-0.4, -0.2) is 47.1 Å². The van der Waals surface area contributed by atoms with Gasteiger partial charge in [0.1, 0.15) is 0 Å². The molecule has 3 atom stereocenters. The third kappa shape index (κ3) is 9.18. The number of nitrogens with zero attached hydrogens (tertiary/aromatic N) is 1. The van der Waals surface area contributed by atoms with Gasteiger partial charge in [-0.05, 0) is 77.4 Å². The molecule has 2 unspecified atom stereocenters. The predicted octanol–water partition coefficient (Wildman–Crippen LogP) is 5.91. The number of nitrogens with one attached hydrogen (secondary N) is 1. The van der Waals surface area contributed by atoms with Crippen LogP contribution in [0.1, 0.15) is 73.6 Å². The molecule has 0 aromatic rings. The highest BCUT2D eigenvalue weighted by atomic mass is 79.9. The number of unbranched alkanes of at least 4 members (excludes halogenated alkanes) is 1. The fraction of sp³-hybridized carbons (Fsp3) is 0.643. The Labute approximate surface area is 215 Å². The lowest BCUT2D eigenvalue weighted by molar-refractivity contribution is -0.153. The number of hydrogen-bond acceptors (Lipinski definition) is 3. The maximum Gasteiger partial charge on any atom is 0.224 e. The summed E-state index contributed by atoms with van der Waals surface area (Å²) >= 11 is 3.50. The van der Waals surface area contributed by atoms with Gasteiger partial charge in [-0.25, -0.2) is 0 Å². The minimum atomic E-state index is -0.391. The standard InChI is InChI=1S/C17H28N2O3.C11H17Br/c1-11(2)17(3,4)18-16(22)15-12-8-13(15)10-19(9-12)14(21)6-5-7-20;1-4-6-7-8-9-11(12)10(3)5-2/h12-13,15,20H,1,5-10H2,2-4H3,(H,18,22);5,7-9H,4,6H2,1-3H3/b;8-7-,10-5+,11-9+/t12-,13?,15?;/m0./s1. The number of aliphatic hydroxyl groups is 1. The smallest absolute Gasteiger partial charge is 0.224 e. The molecule has 1 aliphatic carbocycles. The van der Waals surface area contributed by atoms with Crippen LogP contribution in [-0.2, 0) is 9.59 Å². The van der Waals surface area contributed by atoms with Gasteiger partial charge in [-0.15, -0.1) is 0 Å². The zero-order valence-corrected chi connectivity index (χ0v) is 23.6. The number of fused-ring (bicyclic) bond motifs is 2. The second-order valence-electron chi connectivity index (χ2n) is 10.0. The third-order valence-electron chi connectivity index (χ3n) is 6.88. The van der Waals surface area contributed by atoms with E-state index in [1.54, 1.807) is 0 Å². The summed E-state index contributed by atoms with van der Waals surface area (Å²) in [4.78, 5) is 26.4. The fourth-order valence-corrected chi connectivity index (χ4v) is 4.47. The first-order valence-corrected chi connectivity index (χ1v) is 13.3. The van der Waals surface area contributed by atoms with Crippen molar-refractivity contribution in [1.82, 2.24) is 10.2 Å². The monoisotopic (exact) mass is 536 g/mol. The molecule has 0 radical (unpaired) electrons. The Hall–Kier alpha value is -1.66. The van der Waals surface area contributed by atoms with E-state index < -0.39 is 5.54 Å². The van der Waals surface area contributed by atoms with Crippen molar-refractivity contribution in [3.8, 4) is 0 Å². The number of aliphatic hydroxyl groups excluding tert-OH is 1. The number of rotatable bonds is 10. The molecule has 0 aromatic heterocycles. The van der Waals surface area contributed by atoms with E-state index >= 15 is 0 Å². The van der Waals surface area contributed by atoms with Crippen molar-refractivity contribution in [2.24, 2.45) is 17.8 Å². The molecule has 5 nitrogen and oxygen atoms in total. The van der Waals surface area contributed by atoms with Gasteiger partial charge >= 0.3 is 0 Å². The maximum atomic E-state index is 12.5. The van der Waals surface area contributed by atoms with Crippen LogP contribution in [0.15, 0.2) is 46.5 Å². The highest BCUT2D eigenvalue weighted by Crippen LogP contribution is 2.46. The molecule has 0 aromatic carbocycles. The molecule has 6 heteroatoms. The molecule has 2 saturated heterocycles. The molecule has 3 fully saturated rings. The Kier molecular flexibility index (Phi) is 13.1. The molecule has 2 N–H and O–H groups in total. The van der Waals surface area contributed by atoms with Crippen LogP contribution in [0.2, 0.25) is 0 Å². The van der Waals surface area contributed by atoms with E-state index in [4.69, 9.17) is 5.11 Å². The van der Waals surface area contributed by atoms with Crippen molar-refractivity contribution in [3.05, 3.63) is 46.5 Å². The first-order chi connectivity index (χ1) is 16.0. The van der Waals surface area contributed by atoms with E-state index in [0.717, 1.165) is 22.9 Å². The van der Waals surface area contributed by atoms with Crippen LogP contribution < -0.4 is 5.32 Å². The summed E-state index contributed by atoms with van der Waals surface area (Å²) in [7, 11) is 0. The Morgan fingerprint density at radius 1 is 1.24 bits per heavy atom. The van der Waals surface area contributed by atoms with Crippen molar-refractivity contribution in [2.45, 2.75) is 79.2 Å². The Morgan fingerprint density at radius 2 is 1.85 bits per heavy atom. The van der Waals surface area contributed by atoms with E-state index in [1.807, 2.05) is 32.6 Å². The number of piperidine rings is 2. The van der Waals surface area contributed by atoms with Crippen molar-refractivity contribution in [2.75, 3.05) is 19.7 Å². The van der Waals surface area contributed by atoms with Gasteiger partial charge in [0.2, 0.25) is 11.8 Å². The molecule has 1 saturated carbocycles. The van der Waals surface area contributed by atoms with Gasteiger partial charge in [0.05, 0.1) is 5.54 Å². The molecule has 34 heavy (non-hydrogen) atoms. The highest BCUT2D eigenvalue weighted by Gasteiger charge is 2.51. The van der Waals surface area contributed by atoms with E-state index in [1.165, 1.54) is 12.0 Å². The lowest BCUT2D eigenvalue weighted by atomic mass is 9.61. The maximum absolute atomic E-state index is 12.5.